The molecule has 2 N–H and O–H groups in total. The minimum atomic E-state index is -0.803. The van der Waals surface area contributed by atoms with Gasteiger partial charge in [-0.2, -0.15) is 0 Å². The zero-order valence-corrected chi connectivity index (χ0v) is 17.2. The van der Waals surface area contributed by atoms with Gasteiger partial charge < -0.3 is 19.6 Å². The average molecular weight is 406 g/mol. The monoisotopic (exact) mass is 406 g/mol. The lowest BCUT2D eigenvalue weighted by Gasteiger charge is -2.17. The van der Waals surface area contributed by atoms with Crippen molar-refractivity contribution in [2.45, 2.75) is 44.2 Å². The molecular weight excluding hydrogens is 380 g/mol. The van der Waals surface area contributed by atoms with Crippen molar-refractivity contribution in [1.82, 2.24) is 10.4 Å². The fraction of sp³-hybridized carbons (Fsp3) is 0.375. The molecule has 156 valence electrons. The minimum absolute atomic E-state index is 0.0113. The van der Waals surface area contributed by atoms with Gasteiger partial charge in [-0.25, -0.2) is 5.43 Å². The molecule has 0 bridgehead atoms. The highest BCUT2D eigenvalue weighted by molar-refractivity contribution is 5.74. The Hall–Kier alpha value is -2.99. The Bertz CT molecular complexity index is 1030. The van der Waals surface area contributed by atoms with Crippen molar-refractivity contribution in [3.63, 3.8) is 0 Å². The molecule has 5 rings (SSSR count). The fourth-order valence-electron chi connectivity index (χ4n) is 4.92. The molecule has 30 heavy (non-hydrogen) atoms. The molecule has 3 aliphatic rings. The number of benzene rings is 2. The van der Waals surface area contributed by atoms with Crippen molar-refractivity contribution in [2.24, 2.45) is 0 Å². The number of hydrogen-bond donors (Lipinski definition) is 2. The normalized spacial score (nSPS) is 24.3. The first-order valence-corrected chi connectivity index (χ1v) is 10.5. The van der Waals surface area contributed by atoms with Crippen LogP contribution in [0.2, 0.25) is 0 Å². The van der Waals surface area contributed by atoms with E-state index < -0.39 is 5.97 Å². The number of carbonyl (C=O) groups is 1. The number of carboxylic acids is 1. The van der Waals surface area contributed by atoms with Crippen molar-refractivity contribution in [1.29, 1.82) is 0 Å². The summed E-state index contributed by atoms with van der Waals surface area (Å²) in [6.45, 7) is 2.59. The number of rotatable bonds is 5. The maximum atomic E-state index is 11.0. The molecule has 0 radical (unpaired) electrons. The van der Waals surface area contributed by atoms with E-state index in [4.69, 9.17) is 14.6 Å². The number of aliphatic carboxylic acids is 1. The highest BCUT2D eigenvalue weighted by Gasteiger charge is 2.31. The third-order valence-electron chi connectivity index (χ3n) is 6.29. The Kier molecular flexibility index (Phi) is 4.66. The van der Waals surface area contributed by atoms with Gasteiger partial charge in [-0.3, -0.25) is 4.79 Å². The van der Waals surface area contributed by atoms with E-state index in [1.165, 1.54) is 22.3 Å². The third kappa shape index (κ3) is 3.31. The van der Waals surface area contributed by atoms with Crippen LogP contribution < -0.4 is 14.9 Å². The Labute approximate surface area is 176 Å². The molecule has 0 fully saturated rings. The predicted octanol–water partition coefficient (Wildman–Crippen LogP) is 3.88. The quantitative estimate of drug-likeness (QED) is 0.785. The number of hydrogen-bond acceptors (Lipinski definition) is 5. The van der Waals surface area contributed by atoms with Crippen LogP contribution in [-0.4, -0.2) is 35.8 Å². The number of nitrogens with one attached hydrogen (secondary N) is 1. The SMILES string of the molecule is CC1NN(C)C=C1c1cccc2c1CC[C@H]2Oc1ccc2c(c1)OCC2CC(=O)O. The first kappa shape index (κ1) is 19.0. The molecule has 0 amide bonds. The summed E-state index contributed by atoms with van der Waals surface area (Å²) in [5.41, 5.74) is 9.60. The number of carboxylic acid groups (broad SMARTS) is 1. The van der Waals surface area contributed by atoms with Crippen LogP contribution in [-0.2, 0) is 11.2 Å². The largest absolute Gasteiger partial charge is 0.492 e. The van der Waals surface area contributed by atoms with Crippen LogP contribution >= 0.6 is 0 Å². The van der Waals surface area contributed by atoms with Gasteiger partial charge in [0.25, 0.3) is 0 Å². The van der Waals surface area contributed by atoms with Crippen molar-refractivity contribution < 1.29 is 19.4 Å². The highest BCUT2D eigenvalue weighted by atomic mass is 16.5. The first-order valence-electron chi connectivity index (χ1n) is 10.5. The summed E-state index contributed by atoms with van der Waals surface area (Å²) >= 11 is 0. The van der Waals surface area contributed by atoms with Crippen LogP contribution in [0, 0.1) is 0 Å². The topological polar surface area (TPSA) is 71.0 Å². The highest BCUT2D eigenvalue weighted by Crippen LogP contribution is 2.42. The Morgan fingerprint density at radius 1 is 1.30 bits per heavy atom. The van der Waals surface area contributed by atoms with E-state index in [1.54, 1.807) is 0 Å². The maximum Gasteiger partial charge on any atom is 0.304 e. The molecule has 0 saturated heterocycles. The molecule has 2 aliphatic heterocycles. The summed E-state index contributed by atoms with van der Waals surface area (Å²) < 4.78 is 12.1. The Morgan fingerprint density at radius 3 is 2.93 bits per heavy atom. The van der Waals surface area contributed by atoms with Crippen molar-refractivity contribution in [2.75, 3.05) is 13.7 Å². The Morgan fingerprint density at radius 2 is 2.17 bits per heavy atom. The zero-order chi connectivity index (χ0) is 20.8. The lowest BCUT2D eigenvalue weighted by atomic mass is 9.94. The van der Waals surface area contributed by atoms with Crippen LogP contribution in [0.15, 0.2) is 42.6 Å². The third-order valence-corrected chi connectivity index (χ3v) is 6.29. The van der Waals surface area contributed by atoms with Crippen LogP contribution in [0.25, 0.3) is 5.57 Å². The van der Waals surface area contributed by atoms with Crippen molar-refractivity contribution >= 4 is 11.5 Å². The number of nitrogens with zero attached hydrogens (tertiary/aromatic N) is 1. The lowest BCUT2D eigenvalue weighted by Crippen LogP contribution is -2.30. The molecule has 0 spiro atoms. The average Bonchev–Trinajstić information content (AvgIpc) is 3.39. The predicted molar refractivity (Wildman–Crippen MR) is 113 cm³/mol. The Balaban J connectivity index is 1.37. The summed E-state index contributed by atoms with van der Waals surface area (Å²) in [6.07, 6.45) is 4.20. The van der Waals surface area contributed by atoms with Gasteiger partial charge in [0.1, 0.15) is 17.6 Å². The molecule has 0 saturated carbocycles. The fourth-order valence-corrected chi connectivity index (χ4v) is 4.92. The number of ether oxygens (including phenoxy) is 2. The molecular formula is C24H26N2O4. The molecule has 3 atom stereocenters. The van der Waals surface area contributed by atoms with Gasteiger partial charge in [0.15, 0.2) is 0 Å². The number of fused-ring (bicyclic) bond motifs is 2. The summed E-state index contributed by atoms with van der Waals surface area (Å²) in [5, 5.41) is 11.1. The standard InChI is InChI=1S/C24H26N2O4/c1-14-21(12-26(2)25-14)18-4-3-5-20-19(18)8-9-22(20)30-16-6-7-17-15(10-24(27)28)13-29-23(17)11-16/h3-7,11-12,14-15,22,25H,8-10,13H2,1-2H3,(H,27,28)/t14?,15?,22-/m1/s1. The molecule has 2 heterocycles. The van der Waals surface area contributed by atoms with Gasteiger partial charge in [0.05, 0.1) is 19.1 Å². The molecule has 6 nitrogen and oxygen atoms in total. The maximum absolute atomic E-state index is 11.0. The number of hydrazine groups is 1. The van der Waals surface area contributed by atoms with Gasteiger partial charge in [0.2, 0.25) is 0 Å². The van der Waals surface area contributed by atoms with Crippen LogP contribution in [0.4, 0.5) is 0 Å². The van der Waals surface area contributed by atoms with Crippen LogP contribution in [0.1, 0.15) is 54.0 Å². The smallest absolute Gasteiger partial charge is 0.304 e. The lowest BCUT2D eigenvalue weighted by molar-refractivity contribution is -0.137. The van der Waals surface area contributed by atoms with E-state index in [0.29, 0.717) is 6.61 Å². The van der Waals surface area contributed by atoms with E-state index in [2.05, 4.69) is 36.7 Å². The second-order valence-electron chi connectivity index (χ2n) is 8.37. The van der Waals surface area contributed by atoms with Crippen molar-refractivity contribution in [3.8, 4) is 11.5 Å². The van der Waals surface area contributed by atoms with Crippen molar-refractivity contribution in [3.05, 3.63) is 64.9 Å². The first-order chi connectivity index (χ1) is 14.5. The van der Waals surface area contributed by atoms with Crippen LogP contribution in [0.5, 0.6) is 11.5 Å². The van der Waals surface area contributed by atoms with Crippen LogP contribution in [0.3, 0.4) is 0 Å². The van der Waals surface area contributed by atoms with Gasteiger partial charge in [-0.15, -0.1) is 0 Å². The summed E-state index contributed by atoms with van der Waals surface area (Å²) in [5.74, 6) is 0.616. The zero-order valence-electron chi connectivity index (χ0n) is 17.2. The van der Waals surface area contributed by atoms with Gasteiger partial charge in [-0.05, 0) is 48.1 Å². The molecule has 2 unspecified atom stereocenters. The summed E-state index contributed by atoms with van der Waals surface area (Å²) in [7, 11) is 2.02. The van der Waals surface area contributed by atoms with E-state index in [-0.39, 0.29) is 24.5 Å². The second kappa shape index (κ2) is 7.36. The second-order valence-corrected chi connectivity index (χ2v) is 8.37. The molecule has 0 aromatic heterocycles. The summed E-state index contributed by atoms with van der Waals surface area (Å²) in [4.78, 5) is 11.0. The van der Waals surface area contributed by atoms with Gasteiger partial charge in [-0.1, -0.05) is 24.3 Å². The minimum Gasteiger partial charge on any atom is -0.492 e. The van der Waals surface area contributed by atoms with E-state index in [0.717, 1.165) is 29.9 Å². The molecule has 6 heteroatoms. The van der Waals surface area contributed by atoms with E-state index >= 15 is 0 Å². The molecule has 1 aliphatic carbocycles. The van der Waals surface area contributed by atoms with E-state index in [1.807, 2.05) is 30.3 Å². The molecule has 2 aromatic rings. The van der Waals surface area contributed by atoms with Gasteiger partial charge >= 0.3 is 5.97 Å². The molecule has 2 aromatic carbocycles. The summed E-state index contributed by atoms with van der Waals surface area (Å²) in [6, 6.07) is 12.6. The van der Waals surface area contributed by atoms with E-state index in [9.17, 15) is 4.79 Å². The van der Waals surface area contributed by atoms with Gasteiger partial charge in [0, 0.05) is 30.8 Å².